The zero-order valence-corrected chi connectivity index (χ0v) is 9.79. The van der Waals surface area contributed by atoms with Gasteiger partial charge in [0.05, 0.1) is 0 Å². The van der Waals surface area contributed by atoms with Gasteiger partial charge in [-0.15, -0.1) is 0 Å². The third-order valence-corrected chi connectivity index (χ3v) is 2.86. The summed E-state index contributed by atoms with van der Waals surface area (Å²) in [5.74, 6) is 1.09. The lowest BCUT2D eigenvalue weighted by molar-refractivity contribution is -0.127. The number of nitrogens with zero attached hydrogens (tertiary/aromatic N) is 1. The Balaban J connectivity index is 2.05. The SMILES string of the molecule is CC(=O)CCCCCN1CC(C)CC1=O. The van der Waals surface area contributed by atoms with Gasteiger partial charge in [-0.05, 0) is 25.7 Å². The summed E-state index contributed by atoms with van der Waals surface area (Å²) in [6, 6.07) is 0. The Morgan fingerprint density at radius 2 is 2.13 bits per heavy atom. The highest BCUT2D eigenvalue weighted by Crippen LogP contribution is 2.17. The van der Waals surface area contributed by atoms with Gasteiger partial charge in [-0.1, -0.05) is 13.3 Å². The molecule has 0 saturated carbocycles. The molecule has 0 radical (unpaired) electrons. The molecule has 1 atom stereocenters. The molecule has 0 N–H and O–H groups in total. The van der Waals surface area contributed by atoms with E-state index in [9.17, 15) is 9.59 Å². The van der Waals surface area contributed by atoms with Crippen LogP contribution in [0.3, 0.4) is 0 Å². The molecular weight excluding hydrogens is 190 g/mol. The molecule has 1 amide bonds. The summed E-state index contributed by atoms with van der Waals surface area (Å²) in [5.41, 5.74) is 0. The topological polar surface area (TPSA) is 37.4 Å². The average molecular weight is 211 g/mol. The summed E-state index contributed by atoms with van der Waals surface area (Å²) in [6.45, 7) is 5.55. The molecule has 1 rings (SSSR count). The summed E-state index contributed by atoms with van der Waals surface area (Å²) >= 11 is 0. The van der Waals surface area contributed by atoms with Gasteiger partial charge in [-0.2, -0.15) is 0 Å². The number of Topliss-reactive ketones (excluding diaryl/α,β-unsaturated/α-hetero) is 1. The molecule has 0 aromatic rings. The van der Waals surface area contributed by atoms with Crippen LogP contribution in [0.1, 0.15) is 46.0 Å². The Morgan fingerprint density at radius 3 is 2.67 bits per heavy atom. The van der Waals surface area contributed by atoms with Gasteiger partial charge in [0.2, 0.25) is 5.91 Å². The van der Waals surface area contributed by atoms with E-state index in [1.807, 2.05) is 4.90 Å². The molecule has 0 aromatic heterocycles. The molecule has 1 aliphatic heterocycles. The molecule has 0 spiro atoms. The number of hydrogen-bond donors (Lipinski definition) is 0. The van der Waals surface area contributed by atoms with Crippen molar-refractivity contribution in [1.82, 2.24) is 4.90 Å². The number of hydrogen-bond acceptors (Lipinski definition) is 2. The number of likely N-dealkylation sites (tertiary alicyclic amines) is 1. The molecule has 1 saturated heterocycles. The van der Waals surface area contributed by atoms with Crippen molar-refractivity contribution < 1.29 is 9.59 Å². The van der Waals surface area contributed by atoms with Crippen molar-refractivity contribution in [2.24, 2.45) is 5.92 Å². The minimum Gasteiger partial charge on any atom is -0.342 e. The molecule has 1 heterocycles. The van der Waals surface area contributed by atoms with Gasteiger partial charge in [0.25, 0.3) is 0 Å². The minimum absolute atomic E-state index is 0.265. The summed E-state index contributed by atoms with van der Waals surface area (Å²) in [5, 5.41) is 0. The fourth-order valence-corrected chi connectivity index (χ4v) is 2.04. The second-order valence-corrected chi connectivity index (χ2v) is 4.66. The van der Waals surface area contributed by atoms with Crippen molar-refractivity contribution in [3.63, 3.8) is 0 Å². The Morgan fingerprint density at radius 1 is 1.40 bits per heavy atom. The fourth-order valence-electron chi connectivity index (χ4n) is 2.04. The minimum atomic E-state index is 0.265. The van der Waals surface area contributed by atoms with Crippen LogP contribution in [0.15, 0.2) is 0 Å². The second kappa shape index (κ2) is 5.89. The number of rotatable bonds is 6. The molecular formula is C12H21NO2. The molecule has 86 valence electrons. The predicted molar refractivity (Wildman–Crippen MR) is 59.5 cm³/mol. The van der Waals surface area contributed by atoms with Crippen molar-refractivity contribution in [3.05, 3.63) is 0 Å². The number of carbonyl (C=O) groups excluding carboxylic acids is 2. The number of unbranched alkanes of at least 4 members (excludes halogenated alkanes) is 2. The van der Waals surface area contributed by atoms with Gasteiger partial charge >= 0.3 is 0 Å². The Kier molecular flexibility index (Phi) is 4.79. The van der Waals surface area contributed by atoms with Crippen LogP contribution >= 0.6 is 0 Å². The van der Waals surface area contributed by atoms with Crippen LogP contribution in [0, 0.1) is 5.92 Å². The van der Waals surface area contributed by atoms with E-state index in [1.54, 1.807) is 6.92 Å². The first-order chi connectivity index (χ1) is 7.09. The number of amides is 1. The van der Waals surface area contributed by atoms with Gasteiger partial charge in [0, 0.05) is 25.9 Å². The first-order valence-electron chi connectivity index (χ1n) is 5.87. The van der Waals surface area contributed by atoms with E-state index >= 15 is 0 Å². The lowest BCUT2D eigenvalue weighted by atomic mass is 10.1. The maximum atomic E-state index is 11.4. The van der Waals surface area contributed by atoms with Gasteiger partial charge in [-0.25, -0.2) is 0 Å². The van der Waals surface area contributed by atoms with Crippen molar-refractivity contribution >= 4 is 11.7 Å². The Hall–Kier alpha value is -0.860. The fraction of sp³-hybridized carbons (Fsp3) is 0.833. The Bertz CT molecular complexity index is 238. The van der Waals surface area contributed by atoms with Crippen LogP contribution in [-0.2, 0) is 9.59 Å². The van der Waals surface area contributed by atoms with E-state index in [2.05, 4.69) is 6.92 Å². The van der Waals surface area contributed by atoms with E-state index < -0.39 is 0 Å². The van der Waals surface area contributed by atoms with Gasteiger partial charge in [0.1, 0.15) is 5.78 Å². The molecule has 3 heteroatoms. The van der Waals surface area contributed by atoms with Gasteiger partial charge in [-0.3, -0.25) is 4.79 Å². The molecule has 1 fully saturated rings. The lowest BCUT2D eigenvalue weighted by Gasteiger charge is -2.15. The number of carbonyl (C=O) groups is 2. The Labute approximate surface area is 91.8 Å². The smallest absolute Gasteiger partial charge is 0.222 e. The summed E-state index contributed by atoms with van der Waals surface area (Å²) < 4.78 is 0. The third-order valence-electron chi connectivity index (χ3n) is 2.86. The van der Waals surface area contributed by atoms with Crippen LogP contribution in [0.2, 0.25) is 0 Å². The van der Waals surface area contributed by atoms with Crippen LogP contribution in [0.25, 0.3) is 0 Å². The van der Waals surface area contributed by atoms with Crippen molar-refractivity contribution in [1.29, 1.82) is 0 Å². The van der Waals surface area contributed by atoms with Gasteiger partial charge < -0.3 is 9.69 Å². The zero-order valence-electron chi connectivity index (χ0n) is 9.79. The summed E-state index contributed by atoms with van der Waals surface area (Å²) in [7, 11) is 0. The lowest BCUT2D eigenvalue weighted by Crippen LogP contribution is -2.26. The van der Waals surface area contributed by atoms with Crippen molar-refractivity contribution in [3.8, 4) is 0 Å². The van der Waals surface area contributed by atoms with E-state index in [0.717, 1.165) is 32.4 Å². The van der Waals surface area contributed by atoms with Crippen LogP contribution in [0.5, 0.6) is 0 Å². The monoisotopic (exact) mass is 211 g/mol. The van der Waals surface area contributed by atoms with Crippen LogP contribution in [-0.4, -0.2) is 29.7 Å². The second-order valence-electron chi connectivity index (χ2n) is 4.66. The quantitative estimate of drug-likeness (QED) is 0.630. The highest BCUT2D eigenvalue weighted by atomic mass is 16.2. The first kappa shape index (κ1) is 12.2. The molecule has 3 nitrogen and oxygen atoms in total. The standard InChI is InChI=1S/C12H21NO2/c1-10-8-12(15)13(9-10)7-5-3-4-6-11(2)14/h10H,3-9H2,1-2H3. The summed E-state index contributed by atoms with van der Waals surface area (Å²) in [6.07, 6.45) is 4.45. The average Bonchev–Trinajstić information content (AvgIpc) is 2.44. The molecule has 0 bridgehead atoms. The molecule has 0 aromatic carbocycles. The normalized spacial score (nSPS) is 21.1. The zero-order chi connectivity index (χ0) is 11.3. The first-order valence-corrected chi connectivity index (χ1v) is 5.87. The predicted octanol–water partition coefficient (Wildman–Crippen LogP) is 2.00. The molecule has 1 aliphatic rings. The van der Waals surface area contributed by atoms with E-state index in [-0.39, 0.29) is 5.78 Å². The van der Waals surface area contributed by atoms with Gasteiger partial charge in [0.15, 0.2) is 0 Å². The highest BCUT2D eigenvalue weighted by Gasteiger charge is 2.25. The largest absolute Gasteiger partial charge is 0.342 e. The van der Waals surface area contributed by atoms with Crippen molar-refractivity contribution in [2.75, 3.05) is 13.1 Å². The third kappa shape index (κ3) is 4.45. The van der Waals surface area contributed by atoms with Crippen molar-refractivity contribution in [2.45, 2.75) is 46.0 Å². The van der Waals surface area contributed by atoms with Crippen LogP contribution in [0.4, 0.5) is 0 Å². The highest BCUT2D eigenvalue weighted by molar-refractivity contribution is 5.78. The van der Waals surface area contributed by atoms with E-state index in [4.69, 9.17) is 0 Å². The van der Waals surface area contributed by atoms with E-state index in [0.29, 0.717) is 24.7 Å². The van der Waals surface area contributed by atoms with Crippen LogP contribution < -0.4 is 0 Å². The molecule has 15 heavy (non-hydrogen) atoms. The van der Waals surface area contributed by atoms with E-state index in [1.165, 1.54) is 0 Å². The maximum Gasteiger partial charge on any atom is 0.222 e. The molecule has 0 aliphatic carbocycles. The maximum absolute atomic E-state index is 11.4. The molecule has 1 unspecified atom stereocenters. The number of ketones is 1. The summed E-state index contributed by atoms with van der Waals surface area (Å²) in [4.78, 5) is 24.1.